The van der Waals surface area contributed by atoms with Crippen LogP contribution in [0.3, 0.4) is 0 Å². The molecule has 4 aromatic rings. The molecule has 7 nitrogen and oxygen atoms in total. The number of carbonyl (C=O) groups excluding carboxylic acids is 1. The zero-order chi connectivity index (χ0) is 18.3. The number of hydrogen-bond donors (Lipinski definition) is 1. The van der Waals surface area contributed by atoms with Crippen LogP contribution in [0.5, 0.6) is 5.75 Å². The number of nitrogens with zero attached hydrogens (tertiary/aromatic N) is 2. The van der Waals surface area contributed by atoms with Crippen LogP contribution in [-0.2, 0) is 4.79 Å². The summed E-state index contributed by atoms with van der Waals surface area (Å²) >= 11 is 1.47. The normalized spacial score (nSPS) is 11.0. The number of rotatable bonds is 3. The van der Waals surface area contributed by atoms with E-state index in [0.29, 0.717) is 28.1 Å². The number of anilines is 1. The molecule has 1 amide bonds. The summed E-state index contributed by atoms with van der Waals surface area (Å²) in [6.07, 6.45) is 0. The number of thiophene rings is 1. The molecule has 4 rings (SSSR count). The molecule has 1 N–H and O–H groups in total. The fourth-order valence-corrected chi connectivity index (χ4v) is 3.39. The van der Waals surface area contributed by atoms with Crippen molar-refractivity contribution in [3.05, 3.63) is 46.1 Å². The zero-order valence-corrected chi connectivity index (χ0v) is 14.7. The van der Waals surface area contributed by atoms with Crippen molar-refractivity contribution in [1.29, 1.82) is 0 Å². The summed E-state index contributed by atoms with van der Waals surface area (Å²) < 4.78 is 10.7. The molecule has 1 aromatic carbocycles. The largest absolute Gasteiger partial charge is 0.493 e. The fourth-order valence-electron chi connectivity index (χ4n) is 2.73. The Morgan fingerprint density at radius 1 is 1.23 bits per heavy atom. The SMILES string of the molecule is COc1cccc2c1oc(=O)c1c(NC(C)=O)nc(-c3cccs3)nc12. The third kappa shape index (κ3) is 2.60. The number of nitrogens with one attached hydrogen (secondary N) is 1. The monoisotopic (exact) mass is 367 g/mol. The predicted molar refractivity (Wildman–Crippen MR) is 99.7 cm³/mol. The van der Waals surface area contributed by atoms with E-state index >= 15 is 0 Å². The van der Waals surface area contributed by atoms with E-state index in [2.05, 4.69) is 15.3 Å². The van der Waals surface area contributed by atoms with Crippen LogP contribution in [0, 0.1) is 0 Å². The molecule has 0 saturated heterocycles. The third-order valence-electron chi connectivity index (χ3n) is 3.80. The predicted octanol–water partition coefficient (Wildman–Crippen LogP) is 3.43. The summed E-state index contributed by atoms with van der Waals surface area (Å²) in [5.41, 5.74) is 0.0629. The van der Waals surface area contributed by atoms with Crippen LogP contribution in [0.25, 0.3) is 32.6 Å². The number of carbonyl (C=O) groups is 1. The molecule has 26 heavy (non-hydrogen) atoms. The van der Waals surface area contributed by atoms with Gasteiger partial charge in [0, 0.05) is 12.3 Å². The van der Waals surface area contributed by atoms with Crippen LogP contribution in [0.4, 0.5) is 5.82 Å². The van der Waals surface area contributed by atoms with E-state index in [1.165, 1.54) is 25.4 Å². The maximum absolute atomic E-state index is 12.6. The third-order valence-corrected chi connectivity index (χ3v) is 4.66. The molecule has 0 radical (unpaired) electrons. The Kier molecular flexibility index (Phi) is 3.89. The molecule has 130 valence electrons. The first-order valence-electron chi connectivity index (χ1n) is 7.71. The summed E-state index contributed by atoms with van der Waals surface area (Å²) in [6, 6.07) is 9.02. The van der Waals surface area contributed by atoms with Gasteiger partial charge >= 0.3 is 5.63 Å². The van der Waals surface area contributed by atoms with Gasteiger partial charge in [0.2, 0.25) is 5.91 Å². The Morgan fingerprint density at radius 2 is 2.08 bits per heavy atom. The molecule has 0 unspecified atom stereocenters. The molecule has 0 aliphatic heterocycles. The average molecular weight is 367 g/mol. The minimum atomic E-state index is -0.640. The van der Waals surface area contributed by atoms with Gasteiger partial charge in [-0.05, 0) is 23.6 Å². The standard InChI is InChI=1S/C18H13N3O4S/c1-9(22)19-17-13-14(20-16(21-17)12-7-4-8-26-12)10-5-3-6-11(24-2)15(10)25-18(13)23/h3-8H,1-2H3,(H,19,20,21,22). The smallest absolute Gasteiger partial charge is 0.349 e. The summed E-state index contributed by atoms with van der Waals surface area (Å²) in [7, 11) is 1.50. The van der Waals surface area contributed by atoms with Crippen LogP contribution < -0.4 is 15.7 Å². The Labute approximate surface area is 151 Å². The summed E-state index contributed by atoms with van der Waals surface area (Å²) in [5.74, 6) is 0.640. The first kappa shape index (κ1) is 16.2. The minimum absolute atomic E-state index is 0.126. The van der Waals surface area contributed by atoms with Gasteiger partial charge in [-0.3, -0.25) is 4.79 Å². The molecular weight excluding hydrogens is 354 g/mol. The van der Waals surface area contributed by atoms with E-state index in [9.17, 15) is 9.59 Å². The average Bonchev–Trinajstić information content (AvgIpc) is 3.15. The maximum Gasteiger partial charge on any atom is 0.349 e. The lowest BCUT2D eigenvalue weighted by atomic mass is 10.1. The Balaban J connectivity index is 2.17. The molecule has 0 bridgehead atoms. The summed E-state index contributed by atoms with van der Waals surface area (Å²) in [6.45, 7) is 1.35. The van der Waals surface area contributed by atoms with Gasteiger partial charge in [-0.25, -0.2) is 14.8 Å². The minimum Gasteiger partial charge on any atom is -0.493 e. The number of para-hydroxylation sites is 1. The molecule has 0 spiro atoms. The van der Waals surface area contributed by atoms with Crippen LogP contribution >= 0.6 is 11.3 Å². The quantitative estimate of drug-likeness (QED) is 0.440. The maximum atomic E-state index is 12.6. The van der Waals surface area contributed by atoms with Crippen molar-refractivity contribution in [2.45, 2.75) is 6.92 Å². The van der Waals surface area contributed by atoms with Crippen molar-refractivity contribution in [3.63, 3.8) is 0 Å². The van der Waals surface area contributed by atoms with Crippen molar-refractivity contribution in [3.8, 4) is 16.5 Å². The second-order valence-corrected chi connectivity index (χ2v) is 6.45. The van der Waals surface area contributed by atoms with Crippen LogP contribution in [0.2, 0.25) is 0 Å². The van der Waals surface area contributed by atoms with E-state index in [4.69, 9.17) is 9.15 Å². The van der Waals surface area contributed by atoms with Gasteiger partial charge in [-0.2, -0.15) is 0 Å². The van der Waals surface area contributed by atoms with Crippen LogP contribution in [0.15, 0.2) is 44.9 Å². The molecular formula is C18H13N3O4S. The summed E-state index contributed by atoms with van der Waals surface area (Å²) in [5, 5.41) is 5.24. The van der Waals surface area contributed by atoms with Gasteiger partial charge in [0.05, 0.1) is 17.5 Å². The van der Waals surface area contributed by atoms with Crippen molar-refractivity contribution < 1.29 is 13.9 Å². The van der Waals surface area contributed by atoms with Crippen molar-refractivity contribution in [1.82, 2.24) is 9.97 Å². The highest BCUT2D eigenvalue weighted by atomic mass is 32.1. The zero-order valence-electron chi connectivity index (χ0n) is 13.9. The summed E-state index contributed by atoms with van der Waals surface area (Å²) in [4.78, 5) is 34.0. The van der Waals surface area contributed by atoms with E-state index in [1.54, 1.807) is 18.2 Å². The fraction of sp³-hybridized carbons (Fsp3) is 0.111. The highest BCUT2D eigenvalue weighted by Gasteiger charge is 2.19. The number of benzene rings is 1. The molecule has 0 fully saturated rings. The Bertz CT molecular complexity index is 1200. The number of fused-ring (bicyclic) bond motifs is 3. The lowest BCUT2D eigenvalue weighted by molar-refractivity contribution is -0.114. The molecule has 3 aromatic heterocycles. The van der Waals surface area contributed by atoms with Crippen molar-refractivity contribution in [2.75, 3.05) is 12.4 Å². The van der Waals surface area contributed by atoms with Crippen LogP contribution in [-0.4, -0.2) is 23.0 Å². The van der Waals surface area contributed by atoms with E-state index in [1.807, 2.05) is 17.5 Å². The first-order chi connectivity index (χ1) is 12.6. The number of aromatic nitrogens is 2. The van der Waals surface area contributed by atoms with Gasteiger partial charge < -0.3 is 14.5 Å². The molecule has 0 atom stereocenters. The van der Waals surface area contributed by atoms with Gasteiger partial charge in [0.1, 0.15) is 5.39 Å². The first-order valence-corrected chi connectivity index (χ1v) is 8.59. The topological polar surface area (TPSA) is 94.3 Å². The molecule has 0 aliphatic rings. The van der Waals surface area contributed by atoms with Gasteiger partial charge in [0.25, 0.3) is 0 Å². The van der Waals surface area contributed by atoms with E-state index in [-0.39, 0.29) is 17.1 Å². The van der Waals surface area contributed by atoms with E-state index in [0.717, 1.165) is 4.88 Å². The lowest BCUT2D eigenvalue weighted by Gasteiger charge is -2.10. The van der Waals surface area contributed by atoms with Crippen LogP contribution in [0.1, 0.15) is 6.92 Å². The molecule has 3 heterocycles. The second-order valence-electron chi connectivity index (χ2n) is 5.50. The van der Waals surface area contributed by atoms with Gasteiger partial charge in [-0.15, -0.1) is 11.3 Å². The highest BCUT2D eigenvalue weighted by Crippen LogP contribution is 2.33. The van der Waals surface area contributed by atoms with Gasteiger partial charge in [0.15, 0.2) is 23.0 Å². The Morgan fingerprint density at radius 3 is 2.77 bits per heavy atom. The second kappa shape index (κ2) is 6.23. The lowest BCUT2D eigenvalue weighted by Crippen LogP contribution is -2.13. The van der Waals surface area contributed by atoms with Crippen molar-refractivity contribution in [2.24, 2.45) is 0 Å². The molecule has 8 heteroatoms. The molecule has 0 saturated carbocycles. The Hall–Kier alpha value is -3.26. The van der Waals surface area contributed by atoms with Gasteiger partial charge in [-0.1, -0.05) is 12.1 Å². The number of amides is 1. The number of methoxy groups -OCH3 is 1. The molecule has 0 aliphatic carbocycles. The van der Waals surface area contributed by atoms with E-state index < -0.39 is 5.63 Å². The number of ether oxygens (including phenoxy) is 1. The highest BCUT2D eigenvalue weighted by molar-refractivity contribution is 7.13. The number of hydrogen-bond acceptors (Lipinski definition) is 7. The van der Waals surface area contributed by atoms with Crippen molar-refractivity contribution >= 4 is 44.9 Å².